The van der Waals surface area contributed by atoms with Crippen LogP contribution in [0, 0.1) is 0 Å². The molecule has 2 aromatic rings. The van der Waals surface area contributed by atoms with E-state index < -0.39 is 17.3 Å². The molecule has 108 valence electrons. The molecule has 0 fully saturated rings. The van der Waals surface area contributed by atoms with Crippen LogP contribution in [0.4, 0.5) is 13.2 Å². The summed E-state index contributed by atoms with van der Waals surface area (Å²) >= 11 is 3.01. The zero-order valence-corrected chi connectivity index (χ0v) is 12.2. The van der Waals surface area contributed by atoms with Crippen LogP contribution in [-0.2, 0) is 11.7 Å². The number of benzene rings is 1. The lowest BCUT2D eigenvalue weighted by Gasteiger charge is -2.12. The second-order valence-corrected chi connectivity index (χ2v) is 5.75. The molecule has 0 bridgehead atoms. The molecular formula is C12H11BrF3N3O. The van der Waals surface area contributed by atoms with Gasteiger partial charge in [-0.3, -0.25) is 0 Å². The van der Waals surface area contributed by atoms with Crippen LogP contribution in [0.15, 0.2) is 27.2 Å². The summed E-state index contributed by atoms with van der Waals surface area (Å²) in [4.78, 5) is 3.94. The average Bonchev–Trinajstić information content (AvgIpc) is 2.76. The third-order valence-electron chi connectivity index (χ3n) is 2.51. The van der Waals surface area contributed by atoms with Crippen molar-refractivity contribution in [1.82, 2.24) is 10.1 Å². The van der Waals surface area contributed by atoms with Gasteiger partial charge in [0.1, 0.15) is 0 Å². The Labute approximate surface area is 121 Å². The topological polar surface area (TPSA) is 64.9 Å². The lowest BCUT2D eigenvalue weighted by molar-refractivity contribution is -0.137. The normalized spacial score (nSPS) is 12.8. The summed E-state index contributed by atoms with van der Waals surface area (Å²) in [6.07, 6.45) is -4.52. The van der Waals surface area contributed by atoms with Crippen molar-refractivity contribution in [1.29, 1.82) is 0 Å². The van der Waals surface area contributed by atoms with Gasteiger partial charge in [0.15, 0.2) is 0 Å². The Morgan fingerprint density at radius 1 is 1.25 bits per heavy atom. The van der Waals surface area contributed by atoms with Crippen molar-refractivity contribution in [2.24, 2.45) is 5.73 Å². The predicted octanol–water partition coefficient (Wildman–Crippen LogP) is 3.71. The molecule has 0 spiro atoms. The van der Waals surface area contributed by atoms with E-state index in [4.69, 9.17) is 10.3 Å². The molecule has 0 aliphatic rings. The Balaban J connectivity index is 2.56. The molecule has 0 unspecified atom stereocenters. The summed E-state index contributed by atoms with van der Waals surface area (Å²) in [7, 11) is 0. The Morgan fingerprint density at radius 3 is 2.40 bits per heavy atom. The summed E-state index contributed by atoms with van der Waals surface area (Å²) in [5, 5.41) is 3.58. The van der Waals surface area contributed by atoms with E-state index in [0.29, 0.717) is 4.47 Å². The summed E-state index contributed by atoms with van der Waals surface area (Å²) < 4.78 is 44.3. The van der Waals surface area contributed by atoms with E-state index in [1.54, 1.807) is 13.8 Å². The number of nitrogens with zero attached hydrogens (tertiary/aromatic N) is 2. The Morgan fingerprint density at radius 2 is 1.90 bits per heavy atom. The molecule has 0 atom stereocenters. The molecule has 0 aliphatic carbocycles. The molecule has 8 heteroatoms. The van der Waals surface area contributed by atoms with Gasteiger partial charge < -0.3 is 10.3 Å². The number of hydrogen-bond donors (Lipinski definition) is 1. The first kappa shape index (κ1) is 15.0. The third-order valence-corrected chi connectivity index (χ3v) is 3.00. The van der Waals surface area contributed by atoms with Gasteiger partial charge >= 0.3 is 6.18 Å². The summed E-state index contributed by atoms with van der Waals surface area (Å²) in [5.74, 6) is -0.0677. The number of nitrogens with two attached hydrogens (primary N) is 1. The molecule has 4 nitrogen and oxygen atoms in total. The second kappa shape index (κ2) is 4.85. The fourth-order valence-corrected chi connectivity index (χ4v) is 1.90. The number of halogens is 4. The van der Waals surface area contributed by atoms with Crippen LogP contribution in [0.25, 0.3) is 11.4 Å². The highest BCUT2D eigenvalue weighted by Crippen LogP contribution is 2.37. The van der Waals surface area contributed by atoms with Crippen molar-refractivity contribution in [3.63, 3.8) is 0 Å². The van der Waals surface area contributed by atoms with E-state index in [-0.39, 0.29) is 17.3 Å². The van der Waals surface area contributed by atoms with Crippen molar-refractivity contribution in [3.8, 4) is 11.4 Å². The molecule has 0 saturated carbocycles. The van der Waals surface area contributed by atoms with Gasteiger partial charge in [0.05, 0.1) is 11.1 Å². The zero-order valence-electron chi connectivity index (χ0n) is 10.6. The first-order valence-electron chi connectivity index (χ1n) is 5.59. The largest absolute Gasteiger partial charge is 0.417 e. The van der Waals surface area contributed by atoms with Crippen LogP contribution >= 0.6 is 15.9 Å². The molecule has 0 aliphatic heterocycles. The molecule has 1 heterocycles. The second-order valence-electron chi connectivity index (χ2n) is 4.83. The first-order chi connectivity index (χ1) is 9.09. The summed E-state index contributed by atoms with van der Waals surface area (Å²) in [6, 6.07) is 3.73. The van der Waals surface area contributed by atoms with E-state index in [0.717, 1.165) is 6.07 Å². The first-order valence-corrected chi connectivity index (χ1v) is 6.38. The minimum Gasteiger partial charge on any atom is -0.337 e. The molecule has 0 radical (unpaired) electrons. The van der Waals surface area contributed by atoms with Crippen molar-refractivity contribution >= 4 is 15.9 Å². The maximum Gasteiger partial charge on any atom is 0.417 e. The van der Waals surface area contributed by atoms with E-state index in [1.165, 1.54) is 12.1 Å². The molecule has 2 N–H and O–H groups in total. The Bertz CT molecular complexity index is 632. The van der Waals surface area contributed by atoms with Crippen LogP contribution in [0.3, 0.4) is 0 Å². The quantitative estimate of drug-likeness (QED) is 0.897. The van der Waals surface area contributed by atoms with E-state index >= 15 is 0 Å². The van der Waals surface area contributed by atoms with Crippen LogP contribution in [0.2, 0.25) is 0 Å². The minimum absolute atomic E-state index is 0.0727. The molecule has 2 rings (SSSR count). The SMILES string of the molecule is CC(C)(N)c1nc(-c2ccc(Br)cc2C(F)(F)F)no1. The highest BCUT2D eigenvalue weighted by Gasteiger charge is 2.35. The standard InChI is InChI=1S/C12H11BrF3N3O/c1-11(2,17)10-18-9(19-20-10)7-4-3-6(13)5-8(7)12(14,15)16/h3-5H,17H2,1-2H3. The van der Waals surface area contributed by atoms with Gasteiger partial charge in [-0.2, -0.15) is 18.2 Å². The molecule has 20 heavy (non-hydrogen) atoms. The Hall–Kier alpha value is -1.41. The minimum atomic E-state index is -4.52. The number of aromatic nitrogens is 2. The van der Waals surface area contributed by atoms with E-state index in [9.17, 15) is 13.2 Å². The maximum absolute atomic E-state index is 13.0. The average molecular weight is 350 g/mol. The van der Waals surface area contributed by atoms with Gasteiger partial charge in [-0.15, -0.1) is 0 Å². The van der Waals surface area contributed by atoms with Crippen LogP contribution in [-0.4, -0.2) is 10.1 Å². The van der Waals surface area contributed by atoms with Gasteiger partial charge in [-0.1, -0.05) is 21.1 Å². The van der Waals surface area contributed by atoms with E-state index in [2.05, 4.69) is 26.1 Å². The third kappa shape index (κ3) is 3.01. The molecule has 1 aromatic heterocycles. The highest BCUT2D eigenvalue weighted by molar-refractivity contribution is 9.10. The van der Waals surface area contributed by atoms with Crippen molar-refractivity contribution < 1.29 is 17.7 Å². The molecule has 1 aromatic carbocycles. The number of rotatable bonds is 2. The lowest BCUT2D eigenvalue weighted by Crippen LogP contribution is -2.29. The number of alkyl halides is 3. The highest BCUT2D eigenvalue weighted by atomic mass is 79.9. The van der Waals surface area contributed by atoms with Gasteiger partial charge in [0.25, 0.3) is 0 Å². The van der Waals surface area contributed by atoms with Crippen LogP contribution in [0.1, 0.15) is 25.3 Å². The fourth-order valence-electron chi connectivity index (χ4n) is 1.54. The van der Waals surface area contributed by atoms with Gasteiger partial charge in [-0.05, 0) is 32.0 Å². The fraction of sp³-hybridized carbons (Fsp3) is 0.333. The Kier molecular flexibility index (Phi) is 3.64. The van der Waals surface area contributed by atoms with Crippen molar-refractivity contribution in [2.75, 3.05) is 0 Å². The van der Waals surface area contributed by atoms with Gasteiger partial charge in [0, 0.05) is 10.0 Å². The van der Waals surface area contributed by atoms with Gasteiger partial charge in [0.2, 0.25) is 11.7 Å². The molecule has 0 amide bonds. The lowest BCUT2D eigenvalue weighted by atomic mass is 10.1. The van der Waals surface area contributed by atoms with Crippen molar-refractivity contribution in [3.05, 3.63) is 34.1 Å². The monoisotopic (exact) mass is 349 g/mol. The molecular weight excluding hydrogens is 339 g/mol. The maximum atomic E-state index is 13.0. The molecule has 0 saturated heterocycles. The van der Waals surface area contributed by atoms with Crippen LogP contribution < -0.4 is 5.73 Å². The number of hydrogen-bond acceptors (Lipinski definition) is 4. The zero-order chi connectivity index (χ0) is 15.1. The summed E-state index contributed by atoms with van der Waals surface area (Å²) in [5.41, 5.74) is 3.86. The predicted molar refractivity (Wildman–Crippen MR) is 69.6 cm³/mol. The van der Waals surface area contributed by atoms with Crippen molar-refractivity contribution in [2.45, 2.75) is 25.6 Å². The van der Waals surface area contributed by atoms with E-state index in [1.807, 2.05) is 0 Å². The van der Waals surface area contributed by atoms with Crippen LogP contribution in [0.5, 0.6) is 0 Å². The smallest absolute Gasteiger partial charge is 0.337 e. The van der Waals surface area contributed by atoms with Gasteiger partial charge in [-0.25, -0.2) is 0 Å². The summed E-state index contributed by atoms with van der Waals surface area (Å²) in [6.45, 7) is 3.24.